The number of nitrogens with one attached hydrogen (secondary N) is 1. The number of amides is 2. The lowest BCUT2D eigenvalue weighted by Crippen LogP contribution is -2.64. The number of hydroxylamine groups is 2. The van der Waals surface area contributed by atoms with Gasteiger partial charge in [-0.25, -0.2) is 0 Å². The molecule has 0 aromatic heterocycles. The number of carbonyl (C=O) groups is 2. The fourth-order valence-corrected chi connectivity index (χ4v) is 2.08. The molecular formula is C11H12N2O7S. The molecule has 2 atom stereocenters. The number of β-lactam (4-membered cyclic amide) rings is 1. The Morgan fingerprint density at radius 3 is 2.52 bits per heavy atom. The minimum atomic E-state index is -4.79. The van der Waals surface area contributed by atoms with Crippen molar-refractivity contribution >= 4 is 22.2 Å². The third kappa shape index (κ3) is 3.76. The van der Waals surface area contributed by atoms with Gasteiger partial charge in [0.15, 0.2) is 6.10 Å². The van der Waals surface area contributed by atoms with Gasteiger partial charge >= 0.3 is 10.4 Å². The van der Waals surface area contributed by atoms with E-state index in [4.69, 9.17) is 4.55 Å². The van der Waals surface area contributed by atoms with Gasteiger partial charge in [-0.1, -0.05) is 30.3 Å². The van der Waals surface area contributed by atoms with E-state index in [1.807, 2.05) is 0 Å². The molecule has 10 heteroatoms. The van der Waals surface area contributed by atoms with E-state index < -0.39 is 34.4 Å². The highest BCUT2D eigenvalue weighted by molar-refractivity contribution is 7.80. The van der Waals surface area contributed by atoms with E-state index >= 15 is 0 Å². The molecule has 2 amide bonds. The second-order valence-electron chi connectivity index (χ2n) is 4.28. The van der Waals surface area contributed by atoms with E-state index in [0.29, 0.717) is 10.6 Å². The summed E-state index contributed by atoms with van der Waals surface area (Å²) in [6.45, 7) is -0.258. The highest BCUT2D eigenvalue weighted by Gasteiger charge is 2.42. The fourth-order valence-electron chi connectivity index (χ4n) is 1.72. The van der Waals surface area contributed by atoms with Crippen LogP contribution in [0.2, 0.25) is 0 Å². The van der Waals surface area contributed by atoms with Crippen LogP contribution in [0.25, 0.3) is 0 Å². The van der Waals surface area contributed by atoms with E-state index in [1.54, 1.807) is 30.3 Å². The van der Waals surface area contributed by atoms with Gasteiger partial charge in [-0.3, -0.25) is 14.1 Å². The van der Waals surface area contributed by atoms with Gasteiger partial charge in [0.05, 0.1) is 6.54 Å². The summed E-state index contributed by atoms with van der Waals surface area (Å²) in [5.41, 5.74) is 0.354. The van der Waals surface area contributed by atoms with E-state index in [0.717, 1.165) is 0 Å². The summed E-state index contributed by atoms with van der Waals surface area (Å²) in [6.07, 6.45) is -1.45. The zero-order valence-corrected chi connectivity index (χ0v) is 11.4. The van der Waals surface area contributed by atoms with Crippen molar-refractivity contribution in [3.8, 4) is 0 Å². The summed E-state index contributed by atoms with van der Waals surface area (Å²) < 4.78 is 33.2. The van der Waals surface area contributed by atoms with Gasteiger partial charge in [-0.05, 0) is 5.56 Å². The Morgan fingerprint density at radius 2 is 2.00 bits per heavy atom. The van der Waals surface area contributed by atoms with Crippen molar-refractivity contribution in [2.24, 2.45) is 0 Å². The Hall–Kier alpha value is -2.01. The first-order valence-corrected chi connectivity index (χ1v) is 7.16. The molecule has 1 heterocycles. The molecule has 1 unspecified atom stereocenters. The highest BCUT2D eigenvalue weighted by Crippen LogP contribution is 2.16. The van der Waals surface area contributed by atoms with Crippen molar-refractivity contribution in [3.63, 3.8) is 0 Å². The topological polar surface area (TPSA) is 133 Å². The maximum absolute atomic E-state index is 11.7. The summed E-state index contributed by atoms with van der Waals surface area (Å²) in [5.74, 6) is -1.65. The number of aliphatic hydroxyl groups is 1. The van der Waals surface area contributed by atoms with E-state index in [-0.39, 0.29) is 6.54 Å². The smallest absolute Gasteiger partial charge is 0.378 e. The predicted molar refractivity (Wildman–Crippen MR) is 67.7 cm³/mol. The van der Waals surface area contributed by atoms with Crippen molar-refractivity contribution in [1.82, 2.24) is 10.4 Å². The van der Waals surface area contributed by atoms with E-state index in [9.17, 15) is 23.1 Å². The molecule has 0 bridgehead atoms. The molecular weight excluding hydrogens is 304 g/mol. The van der Waals surface area contributed by atoms with Crippen molar-refractivity contribution in [3.05, 3.63) is 35.9 Å². The average molecular weight is 316 g/mol. The van der Waals surface area contributed by atoms with Crippen molar-refractivity contribution in [1.29, 1.82) is 0 Å². The van der Waals surface area contributed by atoms with Crippen LogP contribution in [-0.4, -0.2) is 47.5 Å². The molecule has 1 aliphatic rings. The molecule has 1 fully saturated rings. The quantitative estimate of drug-likeness (QED) is 0.458. The zero-order chi connectivity index (χ0) is 15.6. The number of aliphatic hydroxyl groups excluding tert-OH is 1. The lowest BCUT2D eigenvalue weighted by molar-refractivity contribution is -0.182. The van der Waals surface area contributed by atoms with Crippen LogP contribution in [0.15, 0.2) is 30.3 Å². The molecule has 1 aliphatic heterocycles. The third-order valence-corrected chi connectivity index (χ3v) is 3.12. The molecule has 0 radical (unpaired) electrons. The summed E-state index contributed by atoms with van der Waals surface area (Å²) in [7, 11) is -4.79. The molecule has 1 aromatic carbocycles. The van der Waals surface area contributed by atoms with Gasteiger partial charge in [0.25, 0.3) is 11.8 Å². The second-order valence-corrected chi connectivity index (χ2v) is 5.28. The largest absolute Gasteiger partial charge is 0.418 e. The van der Waals surface area contributed by atoms with Crippen LogP contribution < -0.4 is 5.32 Å². The summed E-state index contributed by atoms with van der Waals surface area (Å²) in [6, 6.07) is 7.07. The predicted octanol–water partition coefficient (Wildman–Crippen LogP) is -1.22. The maximum atomic E-state index is 11.7. The van der Waals surface area contributed by atoms with Gasteiger partial charge in [0, 0.05) is 0 Å². The molecule has 9 nitrogen and oxygen atoms in total. The normalized spacial score (nSPS) is 19.8. The highest BCUT2D eigenvalue weighted by atomic mass is 32.3. The van der Waals surface area contributed by atoms with Crippen LogP contribution >= 0.6 is 0 Å². The average Bonchev–Trinajstić information content (AvgIpc) is 2.44. The molecule has 2 rings (SSSR count). The van der Waals surface area contributed by atoms with Crippen molar-refractivity contribution < 1.29 is 31.9 Å². The first-order chi connectivity index (χ1) is 9.78. The van der Waals surface area contributed by atoms with Crippen molar-refractivity contribution in [2.75, 3.05) is 6.54 Å². The molecule has 21 heavy (non-hydrogen) atoms. The third-order valence-electron chi connectivity index (χ3n) is 2.76. The van der Waals surface area contributed by atoms with Crippen LogP contribution in [0.4, 0.5) is 0 Å². The first kappa shape index (κ1) is 15.4. The minimum absolute atomic E-state index is 0.258. The lowest BCUT2D eigenvalue weighted by Gasteiger charge is -2.35. The maximum Gasteiger partial charge on any atom is 0.418 e. The molecule has 0 saturated carbocycles. The number of nitrogens with zero attached hydrogens (tertiary/aromatic N) is 1. The number of rotatable bonds is 5. The SMILES string of the molecule is O=C(N[C@H]1CN(OS(=O)(=O)O)C1=O)C(O)c1ccccc1. The number of hydrogen-bond donors (Lipinski definition) is 3. The summed E-state index contributed by atoms with van der Waals surface area (Å²) >= 11 is 0. The molecule has 1 aromatic rings. The Kier molecular flexibility index (Phi) is 4.23. The summed E-state index contributed by atoms with van der Waals surface area (Å²) in [4.78, 5) is 23.2. The van der Waals surface area contributed by atoms with Crippen LogP contribution in [-0.2, 0) is 24.3 Å². The summed E-state index contributed by atoms with van der Waals surface area (Å²) in [5, 5.41) is 12.4. The fraction of sp³-hybridized carbons (Fsp3) is 0.273. The Morgan fingerprint density at radius 1 is 1.38 bits per heavy atom. The van der Waals surface area contributed by atoms with E-state index in [1.165, 1.54) is 0 Å². The number of hydrogen-bond acceptors (Lipinski definition) is 6. The molecule has 1 saturated heterocycles. The monoisotopic (exact) mass is 316 g/mol. The minimum Gasteiger partial charge on any atom is -0.378 e. The Labute approximate surface area is 120 Å². The van der Waals surface area contributed by atoms with Gasteiger partial charge in [0.2, 0.25) is 0 Å². The Balaban J connectivity index is 1.89. The van der Waals surface area contributed by atoms with Crippen molar-refractivity contribution in [2.45, 2.75) is 12.1 Å². The van der Waals surface area contributed by atoms with Gasteiger partial charge in [0.1, 0.15) is 6.04 Å². The van der Waals surface area contributed by atoms with Crippen LogP contribution in [0.1, 0.15) is 11.7 Å². The van der Waals surface area contributed by atoms with Gasteiger partial charge < -0.3 is 10.4 Å². The number of carbonyl (C=O) groups excluding carboxylic acids is 2. The molecule has 3 N–H and O–H groups in total. The number of benzene rings is 1. The van der Waals surface area contributed by atoms with Gasteiger partial charge in [-0.15, -0.1) is 4.28 Å². The van der Waals surface area contributed by atoms with Crippen LogP contribution in [0.5, 0.6) is 0 Å². The molecule has 0 aliphatic carbocycles. The first-order valence-electron chi connectivity index (χ1n) is 5.80. The standard InChI is InChI=1S/C11H12N2O7S/c14-9(7-4-2-1-3-5-7)10(15)12-8-6-13(11(8)16)20-21(17,18)19/h1-5,8-9,14H,6H2,(H,12,15)(H,17,18,19)/t8-,9?/m0/s1. The molecule has 0 spiro atoms. The molecule has 114 valence electrons. The van der Waals surface area contributed by atoms with E-state index in [2.05, 4.69) is 9.60 Å². The van der Waals surface area contributed by atoms with Crippen LogP contribution in [0.3, 0.4) is 0 Å². The zero-order valence-electron chi connectivity index (χ0n) is 10.5. The Bertz CT molecular complexity index is 646. The van der Waals surface area contributed by atoms with Gasteiger partial charge in [-0.2, -0.15) is 13.5 Å². The lowest BCUT2D eigenvalue weighted by atomic mass is 10.1. The van der Waals surface area contributed by atoms with Crippen LogP contribution in [0, 0.1) is 0 Å². The second kappa shape index (κ2) is 5.77.